The van der Waals surface area contributed by atoms with Crippen LogP contribution in [0.2, 0.25) is 10.0 Å². The van der Waals surface area contributed by atoms with Crippen LogP contribution in [-0.2, 0) is 16.2 Å². The molecule has 0 bridgehead atoms. The van der Waals surface area contributed by atoms with E-state index in [2.05, 4.69) is 15.8 Å². The van der Waals surface area contributed by atoms with E-state index < -0.39 is 11.8 Å². The van der Waals surface area contributed by atoms with Crippen LogP contribution >= 0.6 is 23.2 Å². The first-order chi connectivity index (χ1) is 15.7. The molecule has 3 aromatic rings. The number of benzene rings is 3. The minimum atomic E-state index is -0.856. The molecule has 0 radical (unpaired) electrons. The Labute approximate surface area is 202 Å². The van der Waals surface area contributed by atoms with Gasteiger partial charge in [-0.1, -0.05) is 47.0 Å². The van der Waals surface area contributed by atoms with Crippen molar-refractivity contribution >= 4 is 46.4 Å². The van der Waals surface area contributed by atoms with Crippen LogP contribution in [0.3, 0.4) is 0 Å². The minimum absolute atomic E-state index is 0.233. The van der Waals surface area contributed by atoms with Crippen molar-refractivity contribution in [2.45, 2.75) is 27.4 Å². The van der Waals surface area contributed by atoms with Gasteiger partial charge in [-0.05, 0) is 74.4 Å². The Kier molecular flexibility index (Phi) is 8.09. The summed E-state index contributed by atoms with van der Waals surface area (Å²) in [4.78, 5) is 24.3. The highest BCUT2D eigenvalue weighted by atomic mass is 35.5. The number of carbonyl (C=O) groups is 2. The minimum Gasteiger partial charge on any atom is -0.489 e. The molecule has 0 fully saturated rings. The molecule has 3 aromatic carbocycles. The topological polar surface area (TPSA) is 79.8 Å². The summed E-state index contributed by atoms with van der Waals surface area (Å²) >= 11 is 12.3. The summed E-state index contributed by atoms with van der Waals surface area (Å²) in [6.45, 7) is 5.77. The van der Waals surface area contributed by atoms with Gasteiger partial charge in [-0.3, -0.25) is 9.59 Å². The summed E-state index contributed by atoms with van der Waals surface area (Å²) in [7, 11) is 0. The fourth-order valence-corrected chi connectivity index (χ4v) is 3.51. The Bertz CT molecular complexity index is 1190. The van der Waals surface area contributed by atoms with Crippen molar-refractivity contribution in [2.24, 2.45) is 5.10 Å². The third kappa shape index (κ3) is 6.57. The summed E-state index contributed by atoms with van der Waals surface area (Å²) in [5.41, 5.74) is 6.80. The molecule has 0 aliphatic carbocycles. The fourth-order valence-electron chi connectivity index (χ4n) is 3.00. The van der Waals surface area contributed by atoms with Crippen molar-refractivity contribution < 1.29 is 14.3 Å². The van der Waals surface area contributed by atoms with E-state index in [0.717, 1.165) is 16.7 Å². The molecule has 2 amide bonds. The van der Waals surface area contributed by atoms with Crippen LogP contribution in [0.1, 0.15) is 29.2 Å². The van der Waals surface area contributed by atoms with Crippen LogP contribution < -0.4 is 15.5 Å². The first-order valence-electron chi connectivity index (χ1n) is 10.1. The van der Waals surface area contributed by atoms with E-state index in [4.69, 9.17) is 27.9 Å². The van der Waals surface area contributed by atoms with Crippen LogP contribution in [0, 0.1) is 13.8 Å². The number of halogens is 2. The van der Waals surface area contributed by atoms with Gasteiger partial charge < -0.3 is 10.1 Å². The second kappa shape index (κ2) is 11.0. The highest BCUT2D eigenvalue weighted by Gasteiger charge is 2.14. The van der Waals surface area contributed by atoms with E-state index in [1.54, 1.807) is 55.5 Å². The molecule has 0 saturated heterocycles. The predicted molar refractivity (Wildman–Crippen MR) is 132 cm³/mol. The molecule has 0 saturated carbocycles. The summed E-state index contributed by atoms with van der Waals surface area (Å²) in [5.74, 6) is -1.02. The maximum Gasteiger partial charge on any atom is 0.329 e. The summed E-state index contributed by atoms with van der Waals surface area (Å²) in [6, 6.07) is 18.0. The van der Waals surface area contributed by atoms with Crippen LogP contribution in [0.15, 0.2) is 65.8 Å². The van der Waals surface area contributed by atoms with Crippen LogP contribution in [-0.4, -0.2) is 17.5 Å². The molecule has 8 heteroatoms. The monoisotopic (exact) mass is 483 g/mol. The number of nitrogens with zero attached hydrogens (tertiary/aromatic N) is 1. The molecule has 0 aliphatic heterocycles. The van der Waals surface area contributed by atoms with Gasteiger partial charge >= 0.3 is 11.8 Å². The molecule has 0 heterocycles. The van der Waals surface area contributed by atoms with Crippen LogP contribution in [0.5, 0.6) is 5.75 Å². The van der Waals surface area contributed by atoms with Gasteiger partial charge in [-0.15, -0.1) is 0 Å². The molecule has 0 atom stereocenters. The lowest BCUT2D eigenvalue weighted by molar-refractivity contribution is -0.136. The Morgan fingerprint density at radius 1 is 0.939 bits per heavy atom. The number of anilines is 1. The number of ether oxygens (including phenoxy) is 1. The van der Waals surface area contributed by atoms with Gasteiger partial charge in [0.05, 0.1) is 5.71 Å². The largest absolute Gasteiger partial charge is 0.489 e. The molecule has 3 rings (SSSR count). The van der Waals surface area contributed by atoms with Gasteiger partial charge in [0.15, 0.2) is 0 Å². The van der Waals surface area contributed by atoms with Gasteiger partial charge in [0.1, 0.15) is 12.4 Å². The molecule has 2 N–H and O–H groups in total. The molecular weight excluding hydrogens is 461 g/mol. The third-order valence-corrected chi connectivity index (χ3v) is 5.59. The van der Waals surface area contributed by atoms with E-state index in [1.807, 2.05) is 26.0 Å². The molecule has 0 unspecified atom stereocenters. The number of carbonyl (C=O) groups excluding carboxylic acids is 2. The number of hydrazone groups is 1. The quantitative estimate of drug-likeness (QED) is 0.269. The standard InChI is InChI=1S/C25H23Cl2N3O3/c1-15-7-12-23(16(2)13-15)28-24(31)25(32)30-29-17(3)18-8-10-19(11-9-18)33-14-20-21(26)5-4-6-22(20)27/h4-13H,14H2,1-3H3,(H,28,31)(H,30,32)/b29-17+. The summed E-state index contributed by atoms with van der Waals surface area (Å²) in [5, 5.41) is 7.69. The Morgan fingerprint density at radius 3 is 2.24 bits per heavy atom. The highest BCUT2D eigenvalue weighted by Crippen LogP contribution is 2.26. The Morgan fingerprint density at radius 2 is 1.61 bits per heavy atom. The molecule has 0 aromatic heterocycles. The number of nitrogens with one attached hydrogen (secondary N) is 2. The van der Waals surface area contributed by atoms with E-state index in [0.29, 0.717) is 32.8 Å². The van der Waals surface area contributed by atoms with Crippen molar-refractivity contribution in [3.05, 3.63) is 93.0 Å². The second-order valence-electron chi connectivity index (χ2n) is 7.42. The van der Waals surface area contributed by atoms with E-state index in [9.17, 15) is 9.59 Å². The first kappa shape index (κ1) is 24.3. The van der Waals surface area contributed by atoms with Crippen molar-refractivity contribution in [2.75, 3.05) is 5.32 Å². The third-order valence-electron chi connectivity index (χ3n) is 4.88. The second-order valence-corrected chi connectivity index (χ2v) is 8.24. The predicted octanol–water partition coefficient (Wildman–Crippen LogP) is 5.67. The van der Waals surface area contributed by atoms with Gasteiger partial charge in [-0.2, -0.15) is 5.10 Å². The number of aryl methyl sites for hydroxylation is 2. The SMILES string of the molecule is C/C(=N\NC(=O)C(=O)Nc1ccc(C)cc1C)c1ccc(OCc2c(Cl)cccc2Cl)cc1. The van der Waals surface area contributed by atoms with Crippen molar-refractivity contribution in [1.29, 1.82) is 0 Å². The van der Waals surface area contributed by atoms with Crippen LogP contribution in [0.4, 0.5) is 5.69 Å². The first-order valence-corrected chi connectivity index (χ1v) is 10.9. The lowest BCUT2D eigenvalue weighted by Gasteiger charge is -2.10. The Balaban J connectivity index is 1.56. The average molecular weight is 484 g/mol. The Hall–Kier alpha value is -3.35. The fraction of sp³-hybridized carbons (Fsp3) is 0.160. The zero-order chi connectivity index (χ0) is 24.0. The van der Waals surface area contributed by atoms with E-state index in [1.165, 1.54) is 0 Å². The van der Waals surface area contributed by atoms with Gasteiger partial charge in [-0.25, -0.2) is 5.43 Å². The zero-order valence-corrected chi connectivity index (χ0v) is 19.9. The number of amides is 2. The zero-order valence-electron chi connectivity index (χ0n) is 18.4. The van der Waals surface area contributed by atoms with Crippen molar-refractivity contribution in [3.8, 4) is 5.75 Å². The average Bonchev–Trinajstić information content (AvgIpc) is 2.79. The lowest BCUT2D eigenvalue weighted by atomic mass is 10.1. The normalized spacial score (nSPS) is 11.1. The maximum absolute atomic E-state index is 12.2. The molecule has 170 valence electrons. The number of rotatable bonds is 6. The summed E-state index contributed by atoms with van der Waals surface area (Å²) < 4.78 is 5.76. The van der Waals surface area contributed by atoms with Crippen molar-refractivity contribution in [3.63, 3.8) is 0 Å². The summed E-state index contributed by atoms with van der Waals surface area (Å²) in [6.07, 6.45) is 0. The van der Waals surface area contributed by atoms with E-state index >= 15 is 0 Å². The van der Waals surface area contributed by atoms with Gasteiger partial charge in [0.25, 0.3) is 0 Å². The van der Waals surface area contributed by atoms with Gasteiger partial charge in [0, 0.05) is 21.3 Å². The highest BCUT2D eigenvalue weighted by molar-refractivity contribution is 6.39. The van der Waals surface area contributed by atoms with Crippen molar-refractivity contribution in [1.82, 2.24) is 5.43 Å². The molecular formula is C25H23Cl2N3O3. The molecule has 0 spiro atoms. The lowest BCUT2D eigenvalue weighted by Crippen LogP contribution is -2.33. The van der Waals surface area contributed by atoms with E-state index in [-0.39, 0.29) is 6.61 Å². The van der Waals surface area contributed by atoms with Gasteiger partial charge in [0.2, 0.25) is 0 Å². The molecule has 6 nitrogen and oxygen atoms in total. The number of hydrogen-bond acceptors (Lipinski definition) is 4. The maximum atomic E-state index is 12.2. The van der Waals surface area contributed by atoms with Crippen LogP contribution in [0.25, 0.3) is 0 Å². The molecule has 0 aliphatic rings. The number of hydrogen-bond donors (Lipinski definition) is 2. The molecule has 33 heavy (non-hydrogen) atoms. The smallest absolute Gasteiger partial charge is 0.329 e.